The fraction of sp³-hybridized carbons (Fsp3) is 0.516. The van der Waals surface area contributed by atoms with Crippen LogP contribution in [0.1, 0.15) is 87.4 Å². The van der Waals surface area contributed by atoms with Crippen LogP contribution in [-0.2, 0) is 19.9 Å². The number of amides is 3. The number of primary amides is 1. The molecule has 0 atom stereocenters. The van der Waals surface area contributed by atoms with Gasteiger partial charge in [-0.25, -0.2) is 4.79 Å². The lowest BCUT2D eigenvalue weighted by molar-refractivity contribution is -0.0987. The van der Waals surface area contributed by atoms with E-state index >= 15 is 0 Å². The Kier molecular flexibility index (Phi) is 14.8. The molecule has 1 fully saturated rings. The van der Waals surface area contributed by atoms with Gasteiger partial charge in [-0.3, -0.25) is 14.3 Å². The van der Waals surface area contributed by atoms with Gasteiger partial charge in [0, 0.05) is 43.6 Å². The van der Waals surface area contributed by atoms with Crippen LogP contribution in [0.4, 0.5) is 16.3 Å². The molecule has 13 heteroatoms. The van der Waals surface area contributed by atoms with Gasteiger partial charge in [0.25, 0.3) is 11.8 Å². The van der Waals surface area contributed by atoms with Crippen LogP contribution in [0.2, 0.25) is 0 Å². The summed E-state index contributed by atoms with van der Waals surface area (Å²) >= 11 is 0. The molecule has 1 aromatic carbocycles. The van der Waals surface area contributed by atoms with Gasteiger partial charge >= 0.3 is 6.09 Å². The summed E-state index contributed by atoms with van der Waals surface area (Å²) in [4.78, 5) is 57.3. The van der Waals surface area contributed by atoms with Gasteiger partial charge in [0.2, 0.25) is 0 Å². The molecule has 0 bridgehead atoms. The SMILES string of the molecule is C=O.C=O.CCCN(CCC)C(=O)c1ccc(Nc2nn(C3(CC#N)CCN(C(=O)OC(C)(C)C)CC3)cc2C(N)=O)cc1. The van der Waals surface area contributed by atoms with E-state index in [0.29, 0.717) is 50.3 Å². The Balaban J connectivity index is 0.00000232. The van der Waals surface area contributed by atoms with E-state index in [2.05, 4.69) is 16.5 Å². The molecule has 3 amide bonds. The topological polar surface area (TPSA) is 181 Å². The second-order valence-corrected chi connectivity index (χ2v) is 11.2. The number of nitrogens with zero attached hydrogens (tertiary/aromatic N) is 5. The Morgan fingerprint density at radius 1 is 1.07 bits per heavy atom. The minimum absolute atomic E-state index is 0.0199. The minimum atomic E-state index is -0.713. The third-order valence-corrected chi connectivity index (χ3v) is 6.89. The molecule has 0 unspecified atom stereocenters. The van der Waals surface area contributed by atoms with Crippen molar-refractivity contribution in [3.05, 3.63) is 41.6 Å². The average Bonchev–Trinajstić information content (AvgIpc) is 3.43. The van der Waals surface area contributed by atoms with Crippen LogP contribution in [0.3, 0.4) is 0 Å². The van der Waals surface area contributed by atoms with Crippen molar-refractivity contribution in [3.63, 3.8) is 0 Å². The third kappa shape index (κ3) is 9.93. The van der Waals surface area contributed by atoms with Crippen molar-refractivity contribution >= 4 is 43.0 Å². The number of nitrogens with two attached hydrogens (primary N) is 1. The number of nitriles is 1. The summed E-state index contributed by atoms with van der Waals surface area (Å²) in [6, 6.07) is 9.25. The molecule has 1 aliphatic rings. The summed E-state index contributed by atoms with van der Waals surface area (Å²) in [5, 5.41) is 17.4. The summed E-state index contributed by atoms with van der Waals surface area (Å²) in [5.74, 6) is -0.417. The smallest absolute Gasteiger partial charge is 0.410 e. The van der Waals surface area contributed by atoms with Crippen LogP contribution in [0.25, 0.3) is 0 Å². The lowest BCUT2D eigenvalue weighted by Gasteiger charge is -2.40. The Bertz CT molecular complexity index is 1260. The summed E-state index contributed by atoms with van der Waals surface area (Å²) in [6.07, 6.45) is 4.01. The van der Waals surface area contributed by atoms with Crippen molar-refractivity contribution < 1.29 is 28.7 Å². The van der Waals surface area contributed by atoms with Gasteiger partial charge in [0.05, 0.1) is 18.0 Å². The molecular formula is C31H45N7O6. The van der Waals surface area contributed by atoms with Crippen LogP contribution in [0, 0.1) is 11.3 Å². The zero-order valence-corrected chi connectivity index (χ0v) is 26.4. The molecular weight excluding hydrogens is 566 g/mol. The van der Waals surface area contributed by atoms with Crippen molar-refractivity contribution in [2.45, 2.75) is 77.9 Å². The Morgan fingerprint density at radius 3 is 2.07 bits per heavy atom. The van der Waals surface area contributed by atoms with E-state index < -0.39 is 23.1 Å². The highest BCUT2D eigenvalue weighted by atomic mass is 16.6. The van der Waals surface area contributed by atoms with Gasteiger partial charge in [0.1, 0.15) is 24.7 Å². The van der Waals surface area contributed by atoms with Crippen LogP contribution >= 0.6 is 0 Å². The van der Waals surface area contributed by atoms with E-state index in [9.17, 15) is 19.6 Å². The highest BCUT2D eigenvalue weighted by Gasteiger charge is 2.40. The summed E-state index contributed by atoms with van der Waals surface area (Å²) < 4.78 is 7.13. The lowest BCUT2D eigenvalue weighted by atomic mass is 9.85. The molecule has 13 nitrogen and oxygen atoms in total. The third-order valence-electron chi connectivity index (χ3n) is 6.89. The predicted octanol–water partition coefficient (Wildman–Crippen LogP) is 4.26. The molecule has 1 aromatic heterocycles. The Labute approximate surface area is 259 Å². The second kappa shape index (κ2) is 17.4. The predicted molar refractivity (Wildman–Crippen MR) is 166 cm³/mol. The van der Waals surface area contributed by atoms with E-state index in [4.69, 9.17) is 20.1 Å². The fourth-order valence-electron chi connectivity index (χ4n) is 4.83. The maximum absolute atomic E-state index is 12.9. The molecule has 240 valence electrons. The molecule has 0 spiro atoms. The van der Waals surface area contributed by atoms with Gasteiger partial charge in [-0.2, -0.15) is 10.4 Å². The van der Waals surface area contributed by atoms with E-state index in [1.165, 1.54) is 0 Å². The van der Waals surface area contributed by atoms with E-state index in [-0.39, 0.29) is 23.7 Å². The standard InChI is InChI=1S/C29H41N7O4.2CH2O/c1-6-16-34(17-7-2)26(38)21-8-10-22(11-9-21)32-25-23(24(31)37)20-36(33-25)29(12-15-30)13-18-35(19-14-29)27(39)40-28(3,4)5;2*1-2/h8-11,20H,6-7,12-14,16-19H2,1-5H3,(H2,31,37)(H,32,33);2*1H2. The number of carbonyl (C=O) groups excluding carboxylic acids is 5. The number of anilines is 2. The second-order valence-electron chi connectivity index (χ2n) is 11.2. The lowest BCUT2D eigenvalue weighted by Crippen LogP contribution is -2.49. The minimum Gasteiger partial charge on any atom is -0.444 e. The molecule has 0 radical (unpaired) electrons. The van der Waals surface area contributed by atoms with Crippen LogP contribution < -0.4 is 11.1 Å². The highest BCUT2D eigenvalue weighted by molar-refractivity contribution is 5.98. The monoisotopic (exact) mass is 611 g/mol. The molecule has 44 heavy (non-hydrogen) atoms. The Morgan fingerprint density at radius 2 is 1.61 bits per heavy atom. The number of likely N-dealkylation sites (tertiary alicyclic amines) is 1. The number of rotatable bonds is 10. The van der Waals surface area contributed by atoms with Crippen molar-refractivity contribution in [2.75, 3.05) is 31.5 Å². The van der Waals surface area contributed by atoms with Crippen LogP contribution in [-0.4, -0.2) is 82.8 Å². The van der Waals surface area contributed by atoms with Crippen LogP contribution in [0.15, 0.2) is 30.5 Å². The molecule has 3 N–H and O–H groups in total. The number of hydrogen-bond acceptors (Lipinski definition) is 9. The van der Waals surface area contributed by atoms with Gasteiger partial charge in [0.15, 0.2) is 5.82 Å². The first kappa shape index (κ1) is 37.3. The highest BCUT2D eigenvalue weighted by Crippen LogP contribution is 2.35. The first-order valence-electron chi connectivity index (χ1n) is 14.4. The quantitative estimate of drug-likeness (QED) is 0.397. The summed E-state index contributed by atoms with van der Waals surface area (Å²) in [5.41, 5.74) is 5.77. The van der Waals surface area contributed by atoms with Gasteiger partial charge < -0.3 is 35.2 Å². The number of benzene rings is 1. The first-order valence-corrected chi connectivity index (χ1v) is 14.4. The van der Waals surface area contributed by atoms with Gasteiger partial charge in [-0.05, 0) is 70.7 Å². The zero-order valence-electron chi connectivity index (χ0n) is 26.4. The van der Waals surface area contributed by atoms with Crippen molar-refractivity contribution in [1.82, 2.24) is 19.6 Å². The van der Waals surface area contributed by atoms with Gasteiger partial charge in [-0.15, -0.1) is 0 Å². The molecule has 3 rings (SSSR count). The molecule has 1 saturated heterocycles. The van der Waals surface area contributed by atoms with Crippen molar-refractivity contribution in [3.8, 4) is 6.07 Å². The maximum Gasteiger partial charge on any atom is 0.410 e. The van der Waals surface area contributed by atoms with E-state index in [0.717, 1.165) is 12.8 Å². The normalized spacial score (nSPS) is 13.6. The maximum atomic E-state index is 12.9. The molecule has 2 aromatic rings. The van der Waals surface area contributed by atoms with E-state index in [1.54, 1.807) is 40.0 Å². The number of ether oxygens (including phenoxy) is 1. The zero-order chi connectivity index (χ0) is 33.5. The summed E-state index contributed by atoms with van der Waals surface area (Å²) in [7, 11) is 0. The number of aromatic nitrogens is 2. The van der Waals surface area contributed by atoms with Crippen LogP contribution in [0.5, 0.6) is 0 Å². The number of piperidine rings is 1. The number of carbonyl (C=O) groups is 5. The van der Waals surface area contributed by atoms with E-state index in [1.807, 2.05) is 53.1 Å². The Hall–Kier alpha value is -4.73. The number of hydrogen-bond donors (Lipinski definition) is 2. The average molecular weight is 612 g/mol. The van der Waals surface area contributed by atoms with Crippen molar-refractivity contribution in [2.24, 2.45) is 5.73 Å². The summed E-state index contributed by atoms with van der Waals surface area (Å²) in [6.45, 7) is 15.7. The molecule has 0 aliphatic carbocycles. The number of nitrogens with one attached hydrogen (secondary N) is 1. The largest absolute Gasteiger partial charge is 0.444 e. The molecule has 2 heterocycles. The first-order chi connectivity index (χ1) is 20.9. The van der Waals surface area contributed by atoms with Crippen molar-refractivity contribution in [1.29, 1.82) is 5.26 Å². The molecule has 0 saturated carbocycles. The fourth-order valence-corrected chi connectivity index (χ4v) is 4.83. The van der Waals surface area contributed by atoms with Gasteiger partial charge in [-0.1, -0.05) is 13.8 Å². The molecule has 1 aliphatic heterocycles.